The summed E-state index contributed by atoms with van der Waals surface area (Å²) in [5.41, 5.74) is 1.87. The van der Waals surface area contributed by atoms with Gasteiger partial charge in [0.05, 0.1) is 0 Å². The number of para-hydroxylation sites is 1. The molecule has 1 aliphatic carbocycles. The number of halogens is 1. The van der Waals surface area contributed by atoms with Crippen molar-refractivity contribution in [2.75, 3.05) is 11.5 Å². The summed E-state index contributed by atoms with van der Waals surface area (Å²) in [6.45, 7) is 1.62. The maximum Gasteiger partial charge on any atom is 0.265 e. The Morgan fingerprint density at radius 1 is 0.971 bits per heavy atom. The summed E-state index contributed by atoms with van der Waals surface area (Å²) in [5, 5.41) is 3.17. The van der Waals surface area contributed by atoms with Gasteiger partial charge < -0.3 is 10.1 Å². The molecule has 0 spiro atoms. The molecule has 1 atom stereocenters. The van der Waals surface area contributed by atoms with E-state index in [-0.39, 0.29) is 18.6 Å². The lowest BCUT2D eigenvalue weighted by molar-refractivity contribution is -0.128. The molecule has 1 aliphatic rings. The molecule has 3 aromatic carbocycles. The zero-order valence-corrected chi connectivity index (χ0v) is 20.0. The van der Waals surface area contributed by atoms with Gasteiger partial charge in [-0.15, -0.1) is 0 Å². The van der Waals surface area contributed by atoms with Crippen molar-refractivity contribution in [1.82, 2.24) is 5.32 Å². The molecule has 2 amide bonds. The fourth-order valence-corrected chi connectivity index (χ4v) is 4.61. The van der Waals surface area contributed by atoms with E-state index < -0.39 is 17.8 Å². The van der Waals surface area contributed by atoms with Crippen LogP contribution in [0.5, 0.6) is 5.75 Å². The van der Waals surface area contributed by atoms with Gasteiger partial charge in [-0.25, -0.2) is 4.39 Å². The third-order valence-corrected chi connectivity index (χ3v) is 6.40. The van der Waals surface area contributed by atoms with Gasteiger partial charge in [-0.2, -0.15) is 0 Å². The summed E-state index contributed by atoms with van der Waals surface area (Å²) in [6, 6.07) is 21.4. The predicted molar refractivity (Wildman–Crippen MR) is 135 cm³/mol. The summed E-state index contributed by atoms with van der Waals surface area (Å²) >= 11 is 0. The smallest absolute Gasteiger partial charge is 0.265 e. The number of hydrogen-bond donors (Lipinski definition) is 1. The molecule has 1 saturated carbocycles. The largest absolute Gasteiger partial charge is 0.484 e. The summed E-state index contributed by atoms with van der Waals surface area (Å²) in [6.07, 6.45) is 5.13. The van der Waals surface area contributed by atoms with E-state index in [0.29, 0.717) is 17.0 Å². The van der Waals surface area contributed by atoms with Crippen molar-refractivity contribution >= 4 is 17.5 Å². The molecule has 0 heterocycles. The predicted octanol–water partition coefficient (Wildman–Crippen LogP) is 5.74. The van der Waals surface area contributed by atoms with E-state index in [9.17, 15) is 14.0 Å². The van der Waals surface area contributed by atoms with Crippen molar-refractivity contribution in [2.24, 2.45) is 0 Å². The molecule has 0 radical (unpaired) electrons. The lowest BCUT2D eigenvalue weighted by Gasteiger charge is -2.34. The highest BCUT2D eigenvalue weighted by atomic mass is 19.1. The first-order chi connectivity index (χ1) is 17.0. The SMILES string of the molecule is Cc1ccccc1C(C(=O)NC1CCCCC1)N(C(=O)COc1ccccc1)c1cccc(F)c1. The van der Waals surface area contributed by atoms with Crippen LogP contribution in [0, 0.1) is 12.7 Å². The number of rotatable bonds is 8. The lowest BCUT2D eigenvalue weighted by Crippen LogP contribution is -2.48. The first kappa shape index (κ1) is 24.5. The Labute approximate surface area is 205 Å². The minimum Gasteiger partial charge on any atom is -0.484 e. The van der Waals surface area contributed by atoms with Crippen LogP contribution in [0.15, 0.2) is 78.9 Å². The fraction of sp³-hybridized carbons (Fsp3) is 0.310. The highest BCUT2D eigenvalue weighted by molar-refractivity contribution is 6.02. The van der Waals surface area contributed by atoms with Gasteiger partial charge in [-0.05, 0) is 61.2 Å². The molecule has 3 aromatic rings. The van der Waals surface area contributed by atoms with Gasteiger partial charge in [0.2, 0.25) is 5.91 Å². The van der Waals surface area contributed by atoms with E-state index in [4.69, 9.17) is 4.74 Å². The van der Waals surface area contributed by atoms with E-state index in [0.717, 1.165) is 31.2 Å². The van der Waals surface area contributed by atoms with Crippen molar-refractivity contribution in [2.45, 2.75) is 51.1 Å². The van der Waals surface area contributed by atoms with E-state index in [1.54, 1.807) is 18.2 Å². The number of hydrogen-bond acceptors (Lipinski definition) is 3. The Hall–Kier alpha value is -3.67. The van der Waals surface area contributed by atoms with Crippen LogP contribution in [0.25, 0.3) is 0 Å². The molecule has 0 aliphatic heterocycles. The van der Waals surface area contributed by atoms with Crippen LogP contribution < -0.4 is 15.0 Å². The molecule has 1 N–H and O–H groups in total. The third-order valence-electron chi connectivity index (χ3n) is 6.40. The summed E-state index contributed by atoms with van der Waals surface area (Å²) in [4.78, 5) is 28.8. The molecule has 6 heteroatoms. The number of nitrogens with zero attached hydrogens (tertiary/aromatic N) is 1. The van der Waals surface area contributed by atoms with Crippen molar-refractivity contribution in [3.63, 3.8) is 0 Å². The van der Waals surface area contributed by atoms with Crippen molar-refractivity contribution in [3.8, 4) is 5.75 Å². The number of aryl methyl sites for hydroxylation is 1. The zero-order valence-electron chi connectivity index (χ0n) is 20.0. The third kappa shape index (κ3) is 6.27. The topological polar surface area (TPSA) is 58.6 Å². The Morgan fingerprint density at radius 3 is 2.40 bits per heavy atom. The van der Waals surface area contributed by atoms with E-state index in [1.165, 1.54) is 29.5 Å². The molecular formula is C29H31FN2O3. The normalized spacial score (nSPS) is 14.7. The van der Waals surface area contributed by atoms with Crippen LogP contribution in [0.2, 0.25) is 0 Å². The Morgan fingerprint density at radius 2 is 1.69 bits per heavy atom. The highest BCUT2D eigenvalue weighted by Crippen LogP contribution is 2.31. The van der Waals surface area contributed by atoms with Crippen LogP contribution >= 0.6 is 0 Å². The molecule has 1 fully saturated rings. The van der Waals surface area contributed by atoms with Gasteiger partial charge in [-0.3, -0.25) is 14.5 Å². The van der Waals surface area contributed by atoms with E-state index in [2.05, 4.69) is 5.32 Å². The second kappa shape index (κ2) is 11.6. The van der Waals surface area contributed by atoms with Crippen LogP contribution in [-0.4, -0.2) is 24.5 Å². The highest BCUT2D eigenvalue weighted by Gasteiger charge is 2.35. The van der Waals surface area contributed by atoms with Crippen molar-refractivity contribution in [1.29, 1.82) is 0 Å². The maximum atomic E-state index is 14.3. The first-order valence-electron chi connectivity index (χ1n) is 12.1. The van der Waals surface area contributed by atoms with Gasteiger partial charge in [0.15, 0.2) is 6.61 Å². The Kier molecular flexibility index (Phi) is 8.14. The standard InChI is InChI=1S/C29H31FN2O3/c1-21-11-8-9-18-26(21)28(29(34)31-23-13-4-2-5-14-23)32(24-15-10-12-22(30)19-24)27(33)20-35-25-16-6-3-7-17-25/h3,6-12,15-19,23,28H,2,4-5,13-14,20H2,1H3,(H,31,34). The molecule has 1 unspecified atom stereocenters. The van der Waals surface area contributed by atoms with Gasteiger partial charge in [0.25, 0.3) is 5.91 Å². The number of benzene rings is 3. The van der Waals surface area contributed by atoms with Crippen molar-refractivity contribution < 1.29 is 18.7 Å². The molecule has 35 heavy (non-hydrogen) atoms. The molecular weight excluding hydrogens is 443 g/mol. The maximum absolute atomic E-state index is 14.3. The number of anilines is 1. The van der Waals surface area contributed by atoms with Gasteiger partial charge in [0.1, 0.15) is 17.6 Å². The first-order valence-corrected chi connectivity index (χ1v) is 12.1. The van der Waals surface area contributed by atoms with Crippen LogP contribution in [0.4, 0.5) is 10.1 Å². The minimum atomic E-state index is -0.966. The molecule has 0 saturated heterocycles. The second-order valence-electron chi connectivity index (χ2n) is 8.95. The van der Waals surface area contributed by atoms with Gasteiger partial charge in [-0.1, -0.05) is 67.8 Å². The number of carbonyl (C=O) groups excluding carboxylic acids is 2. The molecule has 4 rings (SSSR count). The van der Waals surface area contributed by atoms with Crippen molar-refractivity contribution in [3.05, 3.63) is 95.8 Å². The Balaban J connectivity index is 1.71. The number of amides is 2. The average Bonchev–Trinajstić information content (AvgIpc) is 2.87. The summed E-state index contributed by atoms with van der Waals surface area (Å²) in [7, 11) is 0. The van der Waals surface area contributed by atoms with Crippen LogP contribution in [0.3, 0.4) is 0 Å². The quantitative estimate of drug-likeness (QED) is 0.453. The van der Waals surface area contributed by atoms with Crippen LogP contribution in [0.1, 0.15) is 49.3 Å². The molecule has 182 valence electrons. The fourth-order valence-electron chi connectivity index (χ4n) is 4.61. The van der Waals surface area contributed by atoms with E-state index in [1.807, 2.05) is 49.4 Å². The van der Waals surface area contributed by atoms with Crippen LogP contribution in [-0.2, 0) is 9.59 Å². The molecule has 0 aromatic heterocycles. The summed E-state index contributed by atoms with van der Waals surface area (Å²) in [5.74, 6) is -0.658. The van der Waals surface area contributed by atoms with E-state index >= 15 is 0 Å². The lowest BCUT2D eigenvalue weighted by atomic mass is 9.93. The number of nitrogens with one attached hydrogen (secondary N) is 1. The molecule has 0 bridgehead atoms. The zero-order chi connectivity index (χ0) is 24.6. The average molecular weight is 475 g/mol. The van der Waals surface area contributed by atoms with Gasteiger partial charge in [0, 0.05) is 11.7 Å². The second-order valence-corrected chi connectivity index (χ2v) is 8.95. The van der Waals surface area contributed by atoms with Gasteiger partial charge >= 0.3 is 0 Å². The Bertz CT molecular complexity index is 1150. The minimum absolute atomic E-state index is 0.0628. The number of ether oxygens (including phenoxy) is 1. The monoisotopic (exact) mass is 474 g/mol. The summed E-state index contributed by atoms with van der Waals surface area (Å²) < 4.78 is 20.0. The molecule has 5 nitrogen and oxygen atoms in total. The number of carbonyl (C=O) groups is 2.